The van der Waals surface area contributed by atoms with E-state index in [1.54, 1.807) is 11.8 Å². The number of anilines is 3. The van der Waals surface area contributed by atoms with Crippen molar-refractivity contribution < 1.29 is 4.74 Å². The summed E-state index contributed by atoms with van der Waals surface area (Å²) < 4.78 is 6.90. The van der Waals surface area contributed by atoms with Crippen LogP contribution in [0.1, 0.15) is 0 Å². The Hall–Kier alpha value is -5.13. The highest BCUT2D eigenvalue weighted by atomic mass is 32.2. The molecule has 0 unspecified atom stereocenters. The van der Waals surface area contributed by atoms with Crippen molar-refractivity contribution in [1.29, 1.82) is 0 Å². The van der Waals surface area contributed by atoms with E-state index in [9.17, 15) is 0 Å². The van der Waals surface area contributed by atoms with Crippen molar-refractivity contribution in [3.05, 3.63) is 127 Å². The smallest absolute Gasteiger partial charge is 0.235 e. The van der Waals surface area contributed by atoms with Crippen molar-refractivity contribution >= 4 is 50.8 Å². The molecule has 9 rings (SSSR count). The number of nitrogens with zero attached hydrogens (tertiary/aromatic N) is 3. The molecule has 1 aromatic heterocycles. The Labute approximate surface area is 240 Å². The van der Waals surface area contributed by atoms with Gasteiger partial charge in [0.05, 0.1) is 32.4 Å². The van der Waals surface area contributed by atoms with Gasteiger partial charge in [-0.05, 0) is 41.3 Å². The van der Waals surface area contributed by atoms with Gasteiger partial charge in [0.2, 0.25) is 5.95 Å². The zero-order chi connectivity index (χ0) is 26.9. The molecule has 0 fully saturated rings. The Morgan fingerprint density at radius 1 is 0.561 bits per heavy atom. The lowest BCUT2D eigenvalue weighted by Gasteiger charge is -2.29. The molecule has 0 aliphatic carbocycles. The molecular weight excluding hydrogens is 522 g/mol. The van der Waals surface area contributed by atoms with Crippen LogP contribution in [0.2, 0.25) is 0 Å². The first kappa shape index (κ1) is 22.7. The van der Waals surface area contributed by atoms with Crippen molar-refractivity contribution in [1.82, 2.24) is 9.97 Å². The molecule has 0 N–H and O–H groups in total. The van der Waals surface area contributed by atoms with Crippen LogP contribution in [0.5, 0.6) is 11.5 Å². The third-order valence-electron chi connectivity index (χ3n) is 7.86. The maximum atomic E-state index is 6.90. The summed E-state index contributed by atoms with van der Waals surface area (Å²) in [5.41, 5.74) is 6.98. The highest BCUT2D eigenvalue weighted by molar-refractivity contribution is 7.99. The average Bonchev–Trinajstić information content (AvgIpc) is 3.08. The molecule has 0 atom stereocenters. The minimum Gasteiger partial charge on any atom is -0.452 e. The van der Waals surface area contributed by atoms with E-state index in [4.69, 9.17) is 14.7 Å². The highest BCUT2D eigenvalue weighted by Crippen LogP contribution is 2.58. The highest BCUT2D eigenvalue weighted by Gasteiger charge is 2.31. The van der Waals surface area contributed by atoms with E-state index in [0.29, 0.717) is 5.95 Å². The predicted octanol–water partition coefficient (Wildman–Crippen LogP) is 10.2. The first-order valence-electron chi connectivity index (χ1n) is 13.6. The zero-order valence-electron chi connectivity index (χ0n) is 21.8. The van der Waals surface area contributed by atoms with Gasteiger partial charge in [-0.1, -0.05) is 109 Å². The average molecular weight is 544 g/mol. The fraction of sp³-hybridized carbons (Fsp3) is 0. The van der Waals surface area contributed by atoms with E-state index in [1.807, 2.05) is 18.2 Å². The van der Waals surface area contributed by atoms with Gasteiger partial charge in [0.25, 0.3) is 0 Å². The standard InChI is InChI=1S/C36H21N3OS/c1-2-10-23(11-3-1)33-26-14-4-6-16-27(26)37-36(38-33)39-28-17-7-5-13-24(28)25-15-8-12-22-20-21-31-35(32(22)25)40-34-29(39)18-9-19-30(34)41-31/h1-21H. The van der Waals surface area contributed by atoms with Crippen molar-refractivity contribution in [2.45, 2.75) is 9.79 Å². The van der Waals surface area contributed by atoms with Gasteiger partial charge in [-0.25, -0.2) is 9.97 Å². The summed E-state index contributed by atoms with van der Waals surface area (Å²) >= 11 is 1.75. The number of fused-ring (bicyclic) bond motifs is 3. The fourth-order valence-corrected chi connectivity index (χ4v) is 7.03. The van der Waals surface area contributed by atoms with Crippen LogP contribution in [0.25, 0.3) is 44.1 Å². The molecule has 0 saturated heterocycles. The molecule has 5 heteroatoms. The van der Waals surface area contributed by atoms with E-state index in [0.717, 1.165) is 76.7 Å². The van der Waals surface area contributed by atoms with E-state index in [-0.39, 0.29) is 0 Å². The molecule has 0 spiro atoms. The molecule has 0 radical (unpaired) electrons. The molecule has 7 aromatic rings. The van der Waals surface area contributed by atoms with Crippen LogP contribution < -0.4 is 9.64 Å². The molecule has 4 nitrogen and oxygen atoms in total. The molecule has 2 bridgehead atoms. The molecule has 0 saturated carbocycles. The van der Waals surface area contributed by atoms with Crippen LogP contribution in [0, 0.1) is 0 Å². The van der Waals surface area contributed by atoms with Crippen LogP contribution in [0.4, 0.5) is 17.3 Å². The van der Waals surface area contributed by atoms with Crippen LogP contribution in [0.15, 0.2) is 137 Å². The topological polar surface area (TPSA) is 38.2 Å². The minimum atomic E-state index is 0.598. The summed E-state index contributed by atoms with van der Waals surface area (Å²) in [7, 11) is 0. The number of para-hydroxylation sites is 3. The Morgan fingerprint density at radius 2 is 1.32 bits per heavy atom. The second kappa shape index (κ2) is 8.68. The molecule has 0 amide bonds. The number of rotatable bonds is 2. The summed E-state index contributed by atoms with van der Waals surface area (Å²) in [5, 5.41) is 3.29. The van der Waals surface area contributed by atoms with Crippen molar-refractivity contribution in [2.75, 3.05) is 4.90 Å². The molecule has 192 valence electrons. The largest absolute Gasteiger partial charge is 0.452 e. The number of ether oxygens (including phenoxy) is 1. The van der Waals surface area contributed by atoms with Crippen LogP contribution in [0.3, 0.4) is 0 Å². The lowest BCUT2D eigenvalue weighted by atomic mass is 9.96. The third kappa shape index (κ3) is 3.36. The monoisotopic (exact) mass is 543 g/mol. The van der Waals surface area contributed by atoms with Gasteiger partial charge in [-0.3, -0.25) is 4.90 Å². The van der Waals surface area contributed by atoms with Gasteiger partial charge in [-0.2, -0.15) is 0 Å². The van der Waals surface area contributed by atoms with Gasteiger partial charge in [-0.15, -0.1) is 0 Å². The summed E-state index contributed by atoms with van der Waals surface area (Å²) in [6.45, 7) is 0. The Balaban J connectivity index is 1.42. The second-order valence-electron chi connectivity index (χ2n) is 10.2. The molecule has 2 aliphatic rings. The number of benzene rings is 6. The fourth-order valence-electron chi connectivity index (χ4n) is 6.04. The van der Waals surface area contributed by atoms with Crippen LogP contribution in [-0.2, 0) is 0 Å². The quantitative estimate of drug-likeness (QED) is 0.217. The molecule has 41 heavy (non-hydrogen) atoms. The van der Waals surface area contributed by atoms with Gasteiger partial charge < -0.3 is 4.74 Å². The summed E-state index contributed by atoms with van der Waals surface area (Å²) in [4.78, 5) is 14.8. The zero-order valence-corrected chi connectivity index (χ0v) is 22.6. The van der Waals surface area contributed by atoms with Gasteiger partial charge >= 0.3 is 0 Å². The third-order valence-corrected chi connectivity index (χ3v) is 8.94. The number of hydrogen-bond acceptors (Lipinski definition) is 5. The first-order valence-corrected chi connectivity index (χ1v) is 14.4. The normalized spacial score (nSPS) is 12.9. The van der Waals surface area contributed by atoms with Gasteiger partial charge in [0.1, 0.15) is 5.75 Å². The van der Waals surface area contributed by atoms with E-state index in [2.05, 4.69) is 114 Å². The van der Waals surface area contributed by atoms with E-state index < -0.39 is 0 Å². The number of hydrogen-bond donors (Lipinski definition) is 0. The van der Waals surface area contributed by atoms with Gasteiger partial charge in [0, 0.05) is 21.9 Å². The Kier molecular flexibility index (Phi) is 4.80. The maximum Gasteiger partial charge on any atom is 0.235 e. The van der Waals surface area contributed by atoms with Crippen molar-refractivity contribution in [2.24, 2.45) is 0 Å². The van der Waals surface area contributed by atoms with E-state index in [1.165, 1.54) is 0 Å². The maximum absolute atomic E-state index is 6.90. The van der Waals surface area contributed by atoms with Crippen molar-refractivity contribution in [3.63, 3.8) is 0 Å². The lowest BCUT2D eigenvalue weighted by Crippen LogP contribution is -2.16. The van der Waals surface area contributed by atoms with E-state index >= 15 is 0 Å². The Morgan fingerprint density at radius 3 is 2.27 bits per heavy atom. The lowest BCUT2D eigenvalue weighted by molar-refractivity contribution is 0.462. The molecule has 6 aromatic carbocycles. The molecule has 2 aliphatic heterocycles. The molecular formula is C36H21N3OS. The summed E-state index contributed by atoms with van der Waals surface area (Å²) in [6, 6.07) is 44.3. The minimum absolute atomic E-state index is 0.598. The van der Waals surface area contributed by atoms with Gasteiger partial charge in [0.15, 0.2) is 5.75 Å². The summed E-state index contributed by atoms with van der Waals surface area (Å²) in [5.74, 6) is 2.33. The van der Waals surface area contributed by atoms with Crippen LogP contribution >= 0.6 is 11.8 Å². The predicted molar refractivity (Wildman–Crippen MR) is 167 cm³/mol. The first-order chi connectivity index (χ1) is 20.3. The summed E-state index contributed by atoms with van der Waals surface area (Å²) in [6.07, 6.45) is 0. The molecule has 3 heterocycles. The van der Waals surface area contributed by atoms with Crippen LogP contribution in [-0.4, -0.2) is 9.97 Å². The number of aromatic nitrogens is 2. The van der Waals surface area contributed by atoms with Crippen molar-refractivity contribution in [3.8, 4) is 33.9 Å². The SMILES string of the molecule is c1ccc(-c2nc(N3c4ccccc4-c4cccc5ccc6c(c45)Oc4c(cccc43)S6)nc3ccccc23)cc1. The second-order valence-corrected chi connectivity index (χ2v) is 11.3. The Bertz CT molecular complexity index is 2180.